The maximum Gasteiger partial charge on any atom is 0.407 e. The number of hydrogen-bond donors (Lipinski definition) is 2. The fourth-order valence-corrected chi connectivity index (χ4v) is 2.98. The maximum absolute atomic E-state index is 11.7. The number of anilines is 1. The standard InChI is InChI=1S/C19H28N2O4/c1-19(2,3)25-17(22)8-11-20-16-6-4-14(5-7-16)15-9-12-21(13-10-15)18(23)24/h4-7,15,20H,8-13H2,1-3H3,(H,23,24). The van der Waals surface area contributed by atoms with Gasteiger partial charge in [0.1, 0.15) is 5.60 Å². The number of benzene rings is 1. The molecule has 1 aliphatic rings. The van der Waals surface area contributed by atoms with Crippen molar-refractivity contribution in [3.05, 3.63) is 29.8 Å². The molecule has 1 aromatic carbocycles. The molecule has 0 unspecified atom stereocenters. The molecular weight excluding hydrogens is 320 g/mol. The summed E-state index contributed by atoms with van der Waals surface area (Å²) in [5, 5.41) is 12.2. The van der Waals surface area contributed by atoms with E-state index in [2.05, 4.69) is 17.4 Å². The molecule has 0 aromatic heterocycles. The number of piperidine rings is 1. The van der Waals surface area contributed by atoms with Crippen LogP contribution in [0.2, 0.25) is 0 Å². The zero-order valence-corrected chi connectivity index (χ0v) is 15.2. The van der Waals surface area contributed by atoms with Crippen LogP contribution >= 0.6 is 0 Å². The molecule has 0 radical (unpaired) electrons. The highest BCUT2D eigenvalue weighted by atomic mass is 16.6. The fraction of sp³-hybridized carbons (Fsp3) is 0.579. The average Bonchev–Trinajstić information content (AvgIpc) is 2.54. The van der Waals surface area contributed by atoms with Gasteiger partial charge in [-0.15, -0.1) is 0 Å². The lowest BCUT2D eigenvalue weighted by atomic mass is 9.89. The number of likely N-dealkylation sites (tertiary alicyclic amines) is 1. The number of carboxylic acid groups (broad SMARTS) is 1. The van der Waals surface area contributed by atoms with Gasteiger partial charge in [0.25, 0.3) is 0 Å². The van der Waals surface area contributed by atoms with E-state index in [1.807, 2.05) is 32.9 Å². The smallest absolute Gasteiger partial charge is 0.407 e. The lowest BCUT2D eigenvalue weighted by Gasteiger charge is -2.30. The van der Waals surface area contributed by atoms with Crippen molar-refractivity contribution in [1.29, 1.82) is 0 Å². The second kappa shape index (κ2) is 8.23. The van der Waals surface area contributed by atoms with E-state index in [4.69, 9.17) is 9.84 Å². The third-order valence-corrected chi connectivity index (χ3v) is 4.23. The zero-order chi connectivity index (χ0) is 18.4. The molecule has 0 aliphatic carbocycles. The molecule has 1 saturated heterocycles. The van der Waals surface area contributed by atoms with Crippen molar-refractivity contribution in [2.75, 3.05) is 25.0 Å². The minimum absolute atomic E-state index is 0.207. The Balaban J connectivity index is 1.77. The Kier molecular flexibility index (Phi) is 6.28. The Bertz CT molecular complexity index is 584. The number of nitrogens with one attached hydrogen (secondary N) is 1. The van der Waals surface area contributed by atoms with Crippen molar-refractivity contribution in [1.82, 2.24) is 4.90 Å². The molecule has 6 heteroatoms. The summed E-state index contributed by atoms with van der Waals surface area (Å²) < 4.78 is 5.27. The second-order valence-electron chi connectivity index (χ2n) is 7.43. The molecular formula is C19H28N2O4. The van der Waals surface area contributed by atoms with Crippen LogP contribution in [0.4, 0.5) is 10.5 Å². The van der Waals surface area contributed by atoms with Gasteiger partial charge in [-0.3, -0.25) is 4.79 Å². The van der Waals surface area contributed by atoms with Gasteiger partial charge in [0.2, 0.25) is 0 Å². The highest BCUT2D eigenvalue weighted by molar-refractivity contribution is 5.70. The zero-order valence-electron chi connectivity index (χ0n) is 15.2. The summed E-state index contributed by atoms with van der Waals surface area (Å²) in [7, 11) is 0. The normalized spacial score (nSPS) is 15.7. The number of hydrogen-bond acceptors (Lipinski definition) is 4. The third kappa shape index (κ3) is 6.29. The van der Waals surface area contributed by atoms with Crippen LogP contribution in [-0.2, 0) is 9.53 Å². The molecule has 1 amide bonds. The van der Waals surface area contributed by atoms with Gasteiger partial charge in [0, 0.05) is 25.3 Å². The third-order valence-electron chi connectivity index (χ3n) is 4.23. The van der Waals surface area contributed by atoms with Crippen LogP contribution < -0.4 is 5.32 Å². The minimum atomic E-state index is -0.831. The summed E-state index contributed by atoms with van der Waals surface area (Å²) in [6.07, 6.45) is 1.21. The quantitative estimate of drug-likeness (QED) is 0.794. The number of nitrogens with zero attached hydrogens (tertiary/aromatic N) is 1. The molecule has 6 nitrogen and oxygen atoms in total. The van der Waals surface area contributed by atoms with Crippen LogP contribution in [0.3, 0.4) is 0 Å². The number of carbonyl (C=O) groups excluding carboxylic acids is 1. The van der Waals surface area contributed by atoms with E-state index in [1.165, 1.54) is 10.5 Å². The molecule has 0 atom stereocenters. The van der Waals surface area contributed by atoms with E-state index < -0.39 is 11.7 Å². The summed E-state index contributed by atoms with van der Waals surface area (Å²) in [6, 6.07) is 8.18. The highest BCUT2D eigenvalue weighted by Gasteiger charge is 2.23. The number of ether oxygens (including phenoxy) is 1. The largest absolute Gasteiger partial charge is 0.465 e. The van der Waals surface area contributed by atoms with Crippen molar-refractivity contribution in [2.24, 2.45) is 0 Å². The van der Waals surface area contributed by atoms with Crippen LogP contribution in [0.5, 0.6) is 0 Å². The van der Waals surface area contributed by atoms with E-state index in [-0.39, 0.29) is 5.97 Å². The van der Waals surface area contributed by atoms with Crippen LogP contribution in [0.25, 0.3) is 0 Å². The summed E-state index contributed by atoms with van der Waals surface area (Å²) in [6.45, 7) is 7.30. The summed E-state index contributed by atoms with van der Waals surface area (Å²) in [5.41, 5.74) is 1.76. The first kappa shape index (κ1) is 19.1. The van der Waals surface area contributed by atoms with Gasteiger partial charge in [-0.05, 0) is 57.2 Å². The highest BCUT2D eigenvalue weighted by Crippen LogP contribution is 2.28. The van der Waals surface area contributed by atoms with E-state index in [9.17, 15) is 9.59 Å². The van der Waals surface area contributed by atoms with Gasteiger partial charge < -0.3 is 20.1 Å². The molecule has 2 N–H and O–H groups in total. The first-order chi connectivity index (χ1) is 11.7. The number of rotatable bonds is 5. The second-order valence-corrected chi connectivity index (χ2v) is 7.43. The first-order valence-electron chi connectivity index (χ1n) is 8.78. The molecule has 25 heavy (non-hydrogen) atoms. The lowest BCUT2D eigenvalue weighted by molar-refractivity contribution is -0.154. The maximum atomic E-state index is 11.7. The Hall–Kier alpha value is -2.24. The van der Waals surface area contributed by atoms with Gasteiger partial charge in [-0.2, -0.15) is 0 Å². The van der Waals surface area contributed by atoms with Gasteiger partial charge >= 0.3 is 12.1 Å². The molecule has 0 spiro atoms. The van der Waals surface area contributed by atoms with Crippen molar-refractivity contribution in [2.45, 2.75) is 51.6 Å². The van der Waals surface area contributed by atoms with E-state index in [1.54, 1.807) is 0 Å². The van der Waals surface area contributed by atoms with Crippen molar-refractivity contribution in [3.8, 4) is 0 Å². The minimum Gasteiger partial charge on any atom is -0.465 e. The number of esters is 1. The van der Waals surface area contributed by atoms with E-state index in [0.29, 0.717) is 32.0 Å². The van der Waals surface area contributed by atoms with Crippen molar-refractivity contribution < 1.29 is 19.4 Å². The lowest BCUT2D eigenvalue weighted by Crippen LogP contribution is -2.36. The first-order valence-corrected chi connectivity index (χ1v) is 8.78. The number of amides is 1. The molecule has 1 heterocycles. The molecule has 1 fully saturated rings. The summed E-state index contributed by atoms with van der Waals surface area (Å²) in [4.78, 5) is 24.1. The molecule has 138 valence electrons. The van der Waals surface area contributed by atoms with Crippen LogP contribution in [-0.4, -0.2) is 47.3 Å². The van der Waals surface area contributed by atoms with Gasteiger partial charge in [0.15, 0.2) is 0 Å². The van der Waals surface area contributed by atoms with E-state index >= 15 is 0 Å². The predicted molar refractivity (Wildman–Crippen MR) is 97.0 cm³/mol. The molecule has 0 saturated carbocycles. The average molecular weight is 348 g/mol. The van der Waals surface area contributed by atoms with Crippen molar-refractivity contribution in [3.63, 3.8) is 0 Å². The molecule has 1 aliphatic heterocycles. The van der Waals surface area contributed by atoms with Gasteiger partial charge in [-0.1, -0.05) is 12.1 Å². The Morgan fingerprint density at radius 2 is 1.80 bits per heavy atom. The molecule has 1 aromatic rings. The SMILES string of the molecule is CC(C)(C)OC(=O)CCNc1ccc(C2CCN(C(=O)O)CC2)cc1. The molecule has 2 rings (SSSR count). The Morgan fingerprint density at radius 1 is 1.20 bits per heavy atom. The summed E-state index contributed by atoms with van der Waals surface area (Å²) >= 11 is 0. The summed E-state index contributed by atoms with van der Waals surface area (Å²) in [5.74, 6) is 0.202. The van der Waals surface area contributed by atoms with Crippen LogP contribution in [0, 0.1) is 0 Å². The van der Waals surface area contributed by atoms with E-state index in [0.717, 1.165) is 18.5 Å². The molecule has 0 bridgehead atoms. The topological polar surface area (TPSA) is 78.9 Å². The number of carbonyl (C=O) groups is 2. The van der Waals surface area contributed by atoms with Crippen molar-refractivity contribution >= 4 is 17.7 Å². The van der Waals surface area contributed by atoms with Gasteiger partial charge in [0.05, 0.1) is 6.42 Å². The van der Waals surface area contributed by atoms with Crippen LogP contribution in [0.1, 0.15) is 51.5 Å². The Morgan fingerprint density at radius 3 is 2.32 bits per heavy atom. The van der Waals surface area contributed by atoms with Gasteiger partial charge in [-0.25, -0.2) is 4.79 Å². The predicted octanol–water partition coefficient (Wildman–Crippen LogP) is 3.69. The monoisotopic (exact) mass is 348 g/mol. The van der Waals surface area contributed by atoms with Crippen LogP contribution in [0.15, 0.2) is 24.3 Å². The fourth-order valence-electron chi connectivity index (χ4n) is 2.98. The Labute approximate surface area is 149 Å².